The Hall–Kier alpha value is -0.100. The van der Waals surface area contributed by atoms with Gasteiger partial charge in [0.15, 0.2) is 0 Å². The van der Waals surface area contributed by atoms with Gasteiger partial charge in [-0.2, -0.15) is 0 Å². The molecule has 15 heavy (non-hydrogen) atoms. The molecule has 0 aliphatic heterocycles. The fraction of sp³-hybridized carbons (Fsp3) is 0.545. The summed E-state index contributed by atoms with van der Waals surface area (Å²) in [6.07, 6.45) is 4.87. The summed E-state index contributed by atoms with van der Waals surface area (Å²) in [6.45, 7) is 0.804. The normalized spacial score (nSPS) is 10.2. The zero-order chi connectivity index (χ0) is 10.9. The van der Waals surface area contributed by atoms with Crippen molar-refractivity contribution in [2.45, 2.75) is 25.7 Å². The van der Waals surface area contributed by atoms with Crippen molar-refractivity contribution in [2.24, 2.45) is 0 Å². The lowest BCUT2D eigenvalue weighted by Crippen LogP contribution is -2.23. The monoisotopic (exact) mass is 337 g/mol. The van der Waals surface area contributed by atoms with Crippen LogP contribution in [0, 0.1) is 0 Å². The molecule has 0 aromatic carbocycles. The van der Waals surface area contributed by atoms with Crippen molar-refractivity contribution in [3.8, 4) is 0 Å². The van der Waals surface area contributed by atoms with Crippen molar-refractivity contribution in [2.75, 3.05) is 11.0 Å². The Labute approximate surface area is 109 Å². The van der Waals surface area contributed by atoms with Gasteiger partial charge in [0.2, 0.25) is 0 Å². The van der Waals surface area contributed by atoms with E-state index in [4.69, 9.17) is 0 Å². The quantitative estimate of drug-likeness (QED) is 0.461. The summed E-state index contributed by atoms with van der Waals surface area (Å²) in [6, 6.07) is 3.76. The third kappa shape index (κ3) is 5.51. The Bertz CT molecular complexity index is 274. The minimum atomic E-state index is 0.0684. The molecular formula is C11H16INOS. The number of amides is 1. The molecule has 1 heterocycles. The highest BCUT2D eigenvalue weighted by atomic mass is 127. The van der Waals surface area contributed by atoms with Crippen LogP contribution in [0.3, 0.4) is 0 Å². The topological polar surface area (TPSA) is 29.1 Å². The van der Waals surface area contributed by atoms with Crippen LogP contribution in [-0.2, 0) is 0 Å². The number of unbranched alkanes of at least 4 members (excludes halogenated alkanes) is 3. The van der Waals surface area contributed by atoms with Crippen molar-refractivity contribution in [1.29, 1.82) is 0 Å². The van der Waals surface area contributed by atoms with E-state index in [2.05, 4.69) is 27.9 Å². The summed E-state index contributed by atoms with van der Waals surface area (Å²) < 4.78 is 1.24. The first-order valence-electron chi connectivity index (χ1n) is 5.22. The summed E-state index contributed by atoms with van der Waals surface area (Å²) in [5.74, 6) is 0.0684. The van der Waals surface area contributed by atoms with E-state index < -0.39 is 0 Å². The Morgan fingerprint density at radius 1 is 1.33 bits per heavy atom. The molecular weight excluding hydrogens is 321 g/mol. The van der Waals surface area contributed by atoms with Crippen molar-refractivity contribution in [3.05, 3.63) is 22.4 Å². The van der Waals surface area contributed by atoms with Crippen LogP contribution in [0.1, 0.15) is 35.4 Å². The fourth-order valence-electron chi connectivity index (χ4n) is 1.27. The van der Waals surface area contributed by atoms with E-state index in [9.17, 15) is 4.79 Å². The molecule has 0 bridgehead atoms. The zero-order valence-electron chi connectivity index (χ0n) is 8.67. The second kappa shape index (κ2) is 8.10. The van der Waals surface area contributed by atoms with Gasteiger partial charge >= 0.3 is 0 Å². The van der Waals surface area contributed by atoms with Crippen molar-refractivity contribution in [3.63, 3.8) is 0 Å². The molecule has 2 nitrogen and oxygen atoms in total. The Morgan fingerprint density at radius 3 is 2.80 bits per heavy atom. The summed E-state index contributed by atoms with van der Waals surface area (Å²) in [5, 5.41) is 4.86. The van der Waals surface area contributed by atoms with Crippen LogP contribution < -0.4 is 5.32 Å². The average Bonchev–Trinajstić information content (AvgIpc) is 2.76. The Morgan fingerprint density at radius 2 is 2.13 bits per heavy atom. The van der Waals surface area contributed by atoms with Crippen LogP contribution in [0.2, 0.25) is 0 Å². The summed E-state index contributed by atoms with van der Waals surface area (Å²) in [5.41, 5.74) is 0. The van der Waals surface area contributed by atoms with Crippen LogP contribution in [0.5, 0.6) is 0 Å². The van der Waals surface area contributed by atoms with Crippen LogP contribution in [0.4, 0.5) is 0 Å². The first-order valence-corrected chi connectivity index (χ1v) is 7.63. The number of nitrogens with one attached hydrogen (secondary N) is 1. The van der Waals surface area contributed by atoms with Gasteiger partial charge in [0.1, 0.15) is 0 Å². The van der Waals surface area contributed by atoms with E-state index in [1.54, 1.807) is 0 Å². The maximum Gasteiger partial charge on any atom is 0.261 e. The summed E-state index contributed by atoms with van der Waals surface area (Å²) in [4.78, 5) is 12.3. The molecule has 1 aromatic rings. The van der Waals surface area contributed by atoms with Gasteiger partial charge in [-0.15, -0.1) is 11.3 Å². The van der Waals surface area contributed by atoms with Crippen molar-refractivity contribution < 1.29 is 4.79 Å². The Balaban J connectivity index is 2.03. The summed E-state index contributed by atoms with van der Waals surface area (Å²) >= 11 is 3.89. The summed E-state index contributed by atoms with van der Waals surface area (Å²) in [7, 11) is 0. The second-order valence-corrected chi connectivity index (χ2v) is 5.36. The van der Waals surface area contributed by atoms with Gasteiger partial charge in [0.25, 0.3) is 5.91 Å². The number of rotatable bonds is 7. The minimum Gasteiger partial charge on any atom is -0.351 e. The SMILES string of the molecule is O=C(NCCCCCCI)c1cccs1. The Kier molecular flexibility index (Phi) is 7.00. The lowest BCUT2D eigenvalue weighted by molar-refractivity contribution is 0.0957. The van der Waals surface area contributed by atoms with E-state index >= 15 is 0 Å². The molecule has 0 aliphatic carbocycles. The maximum atomic E-state index is 11.5. The number of carbonyl (C=O) groups is 1. The van der Waals surface area contributed by atoms with Crippen molar-refractivity contribution in [1.82, 2.24) is 5.32 Å². The van der Waals surface area contributed by atoms with Crippen molar-refractivity contribution >= 4 is 39.8 Å². The first-order chi connectivity index (χ1) is 7.34. The molecule has 0 radical (unpaired) electrons. The molecule has 1 N–H and O–H groups in total. The van der Waals surface area contributed by atoms with Crippen LogP contribution in [0.25, 0.3) is 0 Å². The van der Waals surface area contributed by atoms with Gasteiger partial charge in [-0.25, -0.2) is 0 Å². The molecule has 4 heteroatoms. The van der Waals surface area contributed by atoms with E-state index in [-0.39, 0.29) is 5.91 Å². The average molecular weight is 337 g/mol. The van der Waals surface area contributed by atoms with Gasteiger partial charge < -0.3 is 5.32 Å². The highest BCUT2D eigenvalue weighted by molar-refractivity contribution is 14.1. The minimum absolute atomic E-state index is 0.0684. The molecule has 0 unspecified atom stereocenters. The largest absolute Gasteiger partial charge is 0.351 e. The molecule has 0 aliphatic rings. The highest BCUT2D eigenvalue weighted by Gasteiger charge is 2.03. The number of hydrogen-bond donors (Lipinski definition) is 1. The number of halogens is 1. The molecule has 0 spiro atoms. The van der Waals surface area contributed by atoms with E-state index in [1.807, 2.05) is 17.5 Å². The predicted molar refractivity (Wildman–Crippen MR) is 74.0 cm³/mol. The van der Waals surface area contributed by atoms with Gasteiger partial charge in [0, 0.05) is 6.54 Å². The molecule has 1 aromatic heterocycles. The predicted octanol–water partition coefficient (Wildman–Crippen LogP) is 3.47. The van der Waals surface area contributed by atoms with Gasteiger partial charge in [0.05, 0.1) is 4.88 Å². The molecule has 0 fully saturated rings. The molecule has 84 valence electrons. The fourth-order valence-corrected chi connectivity index (χ4v) is 2.45. The molecule has 0 atom stereocenters. The highest BCUT2D eigenvalue weighted by Crippen LogP contribution is 2.08. The standard InChI is InChI=1S/C11H16INOS/c12-7-3-1-2-4-8-13-11(14)10-6-5-9-15-10/h5-6,9H,1-4,7-8H2,(H,13,14). The van der Waals surface area contributed by atoms with Crippen LogP contribution in [0.15, 0.2) is 17.5 Å². The zero-order valence-corrected chi connectivity index (χ0v) is 11.6. The number of hydrogen-bond acceptors (Lipinski definition) is 2. The smallest absolute Gasteiger partial charge is 0.261 e. The lowest BCUT2D eigenvalue weighted by Gasteiger charge is -2.02. The van der Waals surface area contributed by atoms with Gasteiger partial charge in [-0.3, -0.25) is 4.79 Å². The van der Waals surface area contributed by atoms with Gasteiger partial charge in [-0.05, 0) is 28.7 Å². The van der Waals surface area contributed by atoms with Gasteiger partial charge in [-0.1, -0.05) is 41.5 Å². The third-order valence-electron chi connectivity index (χ3n) is 2.09. The second-order valence-electron chi connectivity index (χ2n) is 3.34. The molecule has 1 amide bonds. The third-order valence-corrected chi connectivity index (χ3v) is 3.72. The number of alkyl halides is 1. The van der Waals surface area contributed by atoms with E-state index in [0.29, 0.717) is 0 Å². The molecule has 0 saturated carbocycles. The van der Waals surface area contributed by atoms with E-state index in [1.165, 1.54) is 35.0 Å². The van der Waals surface area contributed by atoms with Crippen LogP contribution >= 0.6 is 33.9 Å². The molecule has 1 rings (SSSR count). The van der Waals surface area contributed by atoms with E-state index in [0.717, 1.165) is 17.8 Å². The number of thiophene rings is 1. The molecule has 0 saturated heterocycles. The number of carbonyl (C=O) groups excluding carboxylic acids is 1. The first kappa shape index (κ1) is 13.0. The maximum absolute atomic E-state index is 11.5. The lowest BCUT2D eigenvalue weighted by atomic mass is 10.2. The van der Waals surface area contributed by atoms with Crippen LogP contribution in [-0.4, -0.2) is 16.9 Å².